The molecule has 2 aliphatic rings. The summed E-state index contributed by atoms with van der Waals surface area (Å²) in [4.78, 5) is 37.8. The smallest absolute Gasteiger partial charge is 0.241 e. The molecule has 2 aliphatic heterocycles. The van der Waals surface area contributed by atoms with Crippen LogP contribution in [0.25, 0.3) is 0 Å². The summed E-state index contributed by atoms with van der Waals surface area (Å²) in [5.41, 5.74) is 3.58. The lowest BCUT2D eigenvalue weighted by atomic mass is 9.96. The molecule has 164 valence electrons. The van der Waals surface area contributed by atoms with Gasteiger partial charge in [-0.25, -0.2) is 9.97 Å². The van der Waals surface area contributed by atoms with E-state index in [0.717, 1.165) is 62.7 Å². The highest BCUT2D eigenvalue weighted by atomic mass is 16.2. The fraction of sp³-hybridized carbons (Fsp3) is 0.500. The minimum Gasteiger partial charge on any atom is -0.352 e. The molecule has 1 aromatic heterocycles. The number of likely N-dealkylation sites (tertiary alicyclic amines) is 1. The Balaban J connectivity index is 1.54. The Morgan fingerprint density at radius 3 is 2.71 bits per heavy atom. The predicted molar refractivity (Wildman–Crippen MR) is 120 cm³/mol. The summed E-state index contributed by atoms with van der Waals surface area (Å²) in [7, 11) is 0. The van der Waals surface area contributed by atoms with Gasteiger partial charge in [-0.2, -0.15) is 0 Å². The molecule has 1 saturated heterocycles. The van der Waals surface area contributed by atoms with E-state index >= 15 is 0 Å². The number of hydrogen-bond acceptors (Lipinski definition) is 5. The number of nitrogens with zero attached hydrogens (tertiary/aromatic N) is 4. The van der Waals surface area contributed by atoms with E-state index in [1.54, 1.807) is 0 Å². The van der Waals surface area contributed by atoms with E-state index in [0.29, 0.717) is 6.54 Å². The predicted octanol–water partition coefficient (Wildman–Crippen LogP) is 2.58. The van der Waals surface area contributed by atoms with E-state index in [2.05, 4.69) is 41.4 Å². The summed E-state index contributed by atoms with van der Waals surface area (Å²) >= 11 is 0. The lowest BCUT2D eigenvalue weighted by Gasteiger charge is -2.34. The van der Waals surface area contributed by atoms with Crippen molar-refractivity contribution in [2.75, 3.05) is 31.1 Å². The molecule has 1 fully saturated rings. The first-order chi connectivity index (χ1) is 15.0. The molecule has 3 heterocycles. The molecule has 1 N–H and O–H groups in total. The van der Waals surface area contributed by atoms with E-state index in [-0.39, 0.29) is 24.3 Å². The first-order valence-electron chi connectivity index (χ1n) is 11.2. The zero-order valence-corrected chi connectivity index (χ0v) is 18.4. The fourth-order valence-electron chi connectivity index (χ4n) is 4.58. The molecule has 2 aromatic rings. The van der Waals surface area contributed by atoms with Crippen LogP contribution in [0.15, 0.2) is 30.3 Å². The number of carbonyl (C=O) groups is 2. The van der Waals surface area contributed by atoms with Crippen molar-refractivity contribution in [3.05, 3.63) is 53.0 Å². The fourth-order valence-corrected chi connectivity index (χ4v) is 4.58. The van der Waals surface area contributed by atoms with E-state index in [1.165, 1.54) is 18.1 Å². The molecule has 7 heteroatoms. The molecule has 7 nitrogen and oxygen atoms in total. The maximum Gasteiger partial charge on any atom is 0.241 e. The second-order valence-electron chi connectivity index (χ2n) is 8.57. The van der Waals surface area contributed by atoms with Gasteiger partial charge in [-0.3, -0.25) is 9.59 Å². The van der Waals surface area contributed by atoms with Crippen LogP contribution in [0.1, 0.15) is 54.7 Å². The summed E-state index contributed by atoms with van der Waals surface area (Å²) in [5.74, 6) is 1.79. The van der Waals surface area contributed by atoms with E-state index in [1.807, 2.05) is 11.0 Å². The molecule has 1 atom stereocenters. The largest absolute Gasteiger partial charge is 0.352 e. The van der Waals surface area contributed by atoms with Gasteiger partial charge in [-0.1, -0.05) is 30.3 Å². The standard InChI is InChI=1S/C24H31N5O2/c1-17-21-11-7-13-29(15-19-8-4-3-5-9-19)24(21)27-23(26-17)20-10-6-12-28(16-20)22(31)14-25-18(2)30/h3-5,8-9,20H,6-7,10-16H2,1-2H3,(H,25,30)/t20-/m1/s1. The Morgan fingerprint density at radius 2 is 1.94 bits per heavy atom. The van der Waals surface area contributed by atoms with Gasteiger partial charge in [-0.05, 0) is 38.2 Å². The van der Waals surface area contributed by atoms with Gasteiger partial charge in [0.1, 0.15) is 11.6 Å². The molecule has 2 amide bonds. The highest BCUT2D eigenvalue weighted by molar-refractivity contribution is 5.83. The van der Waals surface area contributed by atoms with Gasteiger partial charge in [0.15, 0.2) is 0 Å². The molecular formula is C24H31N5O2. The van der Waals surface area contributed by atoms with Crippen LogP contribution in [0.5, 0.6) is 0 Å². The van der Waals surface area contributed by atoms with Crippen molar-refractivity contribution in [1.82, 2.24) is 20.2 Å². The first kappa shape index (κ1) is 21.3. The van der Waals surface area contributed by atoms with Crippen molar-refractivity contribution >= 4 is 17.6 Å². The highest BCUT2D eigenvalue weighted by Gasteiger charge is 2.29. The Hall–Kier alpha value is -2.96. The molecule has 0 unspecified atom stereocenters. The molecule has 4 rings (SSSR count). The Bertz CT molecular complexity index is 946. The second-order valence-corrected chi connectivity index (χ2v) is 8.57. The Labute approximate surface area is 183 Å². The Morgan fingerprint density at radius 1 is 1.13 bits per heavy atom. The van der Waals surface area contributed by atoms with Crippen molar-refractivity contribution in [2.24, 2.45) is 0 Å². The number of hydrogen-bond donors (Lipinski definition) is 1. The van der Waals surface area contributed by atoms with E-state index in [9.17, 15) is 9.59 Å². The van der Waals surface area contributed by atoms with E-state index < -0.39 is 0 Å². The topological polar surface area (TPSA) is 78.4 Å². The molecule has 31 heavy (non-hydrogen) atoms. The third kappa shape index (κ3) is 5.03. The number of carbonyl (C=O) groups excluding carboxylic acids is 2. The van der Waals surface area contributed by atoms with Crippen molar-refractivity contribution in [2.45, 2.75) is 52.0 Å². The maximum atomic E-state index is 12.5. The van der Waals surface area contributed by atoms with Crippen molar-refractivity contribution in [3.8, 4) is 0 Å². The van der Waals surface area contributed by atoms with Gasteiger partial charge in [0.05, 0.1) is 6.54 Å². The monoisotopic (exact) mass is 421 g/mol. The highest BCUT2D eigenvalue weighted by Crippen LogP contribution is 2.32. The van der Waals surface area contributed by atoms with Gasteiger partial charge in [0.25, 0.3) is 0 Å². The van der Waals surface area contributed by atoms with Crippen molar-refractivity contribution in [3.63, 3.8) is 0 Å². The number of anilines is 1. The van der Waals surface area contributed by atoms with Crippen LogP contribution in [-0.4, -0.2) is 52.9 Å². The molecule has 0 bridgehead atoms. The zero-order valence-electron chi connectivity index (χ0n) is 18.4. The summed E-state index contributed by atoms with van der Waals surface area (Å²) in [6.45, 7) is 6.72. The summed E-state index contributed by atoms with van der Waals surface area (Å²) in [6, 6.07) is 10.5. The first-order valence-corrected chi connectivity index (χ1v) is 11.2. The van der Waals surface area contributed by atoms with Gasteiger partial charge in [0, 0.05) is 50.3 Å². The van der Waals surface area contributed by atoms with Crippen LogP contribution < -0.4 is 10.2 Å². The number of benzene rings is 1. The lowest BCUT2D eigenvalue weighted by molar-refractivity contribution is -0.133. The summed E-state index contributed by atoms with van der Waals surface area (Å²) in [5, 5.41) is 2.61. The van der Waals surface area contributed by atoms with Crippen molar-refractivity contribution < 1.29 is 9.59 Å². The molecule has 1 aromatic carbocycles. The normalized spacial score (nSPS) is 18.5. The van der Waals surface area contributed by atoms with Gasteiger partial charge >= 0.3 is 0 Å². The molecule has 0 radical (unpaired) electrons. The SMILES string of the molecule is CC(=O)NCC(=O)N1CCC[C@@H](c2nc(C)c3c(n2)N(Cc2ccccc2)CCC3)C1. The summed E-state index contributed by atoms with van der Waals surface area (Å²) in [6.07, 6.45) is 4.02. The van der Waals surface area contributed by atoms with Crippen LogP contribution in [0.2, 0.25) is 0 Å². The number of nitrogens with one attached hydrogen (secondary N) is 1. The second kappa shape index (κ2) is 9.45. The summed E-state index contributed by atoms with van der Waals surface area (Å²) < 4.78 is 0. The number of piperidine rings is 1. The zero-order chi connectivity index (χ0) is 21.8. The number of rotatable bonds is 5. The molecular weight excluding hydrogens is 390 g/mol. The van der Waals surface area contributed by atoms with Crippen LogP contribution in [-0.2, 0) is 22.6 Å². The minimum atomic E-state index is -0.186. The van der Waals surface area contributed by atoms with Crippen LogP contribution in [0.4, 0.5) is 5.82 Å². The maximum absolute atomic E-state index is 12.5. The van der Waals surface area contributed by atoms with Crippen molar-refractivity contribution in [1.29, 1.82) is 0 Å². The number of aromatic nitrogens is 2. The lowest BCUT2D eigenvalue weighted by Crippen LogP contribution is -2.44. The van der Waals surface area contributed by atoms with Gasteiger partial charge < -0.3 is 15.1 Å². The molecule has 0 spiro atoms. The Kier molecular flexibility index (Phi) is 6.49. The third-order valence-corrected chi connectivity index (χ3v) is 6.21. The third-order valence-electron chi connectivity index (χ3n) is 6.21. The number of fused-ring (bicyclic) bond motifs is 1. The van der Waals surface area contributed by atoms with Crippen LogP contribution >= 0.6 is 0 Å². The number of aryl methyl sites for hydroxylation is 1. The van der Waals surface area contributed by atoms with E-state index in [4.69, 9.17) is 9.97 Å². The molecule has 0 aliphatic carbocycles. The number of amides is 2. The van der Waals surface area contributed by atoms with Gasteiger partial charge in [0.2, 0.25) is 11.8 Å². The average molecular weight is 422 g/mol. The van der Waals surface area contributed by atoms with Gasteiger partial charge in [-0.15, -0.1) is 0 Å². The molecule has 0 saturated carbocycles. The van der Waals surface area contributed by atoms with Crippen LogP contribution in [0, 0.1) is 6.92 Å². The van der Waals surface area contributed by atoms with Crippen LogP contribution in [0.3, 0.4) is 0 Å². The quantitative estimate of drug-likeness (QED) is 0.803. The average Bonchev–Trinajstić information content (AvgIpc) is 2.78. The minimum absolute atomic E-state index is 0.0414.